The van der Waals surface area contributed by atoms with Crippen molar-refractivity contribution in [1.82, 2.24) is 10.2 Å². The Morgan fingerprint density at radius 3 is 2.39 bits per heavy atom. The summed E-state index contributed by atoms with van der Waals surface area (Å²) >= 11 is 0. The number of aromatic nitrogens is 2. The molecule has 1 heterocycles. The molecule has 0 bridgehead atoms. The van der Waals surface area contributed by atoms with Crippen molar-refractivity contribution in [2.45, 2.75) is 13.3 Å². The first kappa shape index (κ1) is 12.0. The molecule has 0 aliphatic carbocycles. The van der Waals surface area contributed by atoms with Gasteiger partial charge in [-0.3, -0.25) is 0 Å². The molecule has 1 aromatic heterocycles. The number of rotatable bonds is 4. The molecule has 0 spiro atoms. The van der Waals surface area contributed by atoms with Gasteiger partial charge in [-0.25, -0.2) is 4.79 Å². The molecular weight excluding hydrogens is 230 g/mol. The fourth-order valence-corrected chi connectivity index (χ4v) is 1.46. The molecule has 0 fully saturated rings. The number of hydrogen-bond donors (Lipinski definition) is 2. The smallest absolute Gasteiger partial charge is 0.335 e. The van der Waals surface area contributed by atoms with Gasteiger partial charge in [0.2, 0.25) is 0 Å². The first-order chi connectivity index (χ1) is 8.69. The van der Waals surface area contributed by atoms with E-state index in [2.05, 4.69) is 15.5 Å². The van der Waals surface area contributed by atoms with Gasteiger partial charge in [0.25, 0.3) is 0 Å². The Morgan fingerprint density at radius 1 is 1.17 bits per heavy atom. The lowest BCUT2D eigenvalue weighted by Crippen LogP contribution is -1.99. The summed E-state index contributed by atoms with van der Waals surface area (Å²) in [5.41, 5.74) is 1.97. The highest BCUT2D eigenvalue weighted by atomic mass is 16.4. The van der Waals surface area contributed by atoms with E-state index >= 15 is 0 Å². The van der Waals surface area contributed by atoms with Crippen LogP contribution in [-0.4, -0.2) is 21.3 Å². The third kappa shape index (κ3) is 2.82. The monoisotopic (exact) mass is 243 g/mol. The van der Waals surface area contributed by atoms with Crippen LogP contribution in [0.4, 0.5) is 11.5 Å². The molecule has 5 heteroatoms. The van der Waals surface area contributed by atoms with Gasteiger partial charge in [0.1, 0.15) is 0 Å². The van der Waals surface area contributed by atoms with Crippen molar-refractivity contribution < 1.29 is 9.90 Å². The zero-order chi connectivity index (χ0) is 13.0. The van der Waals surface area contributed by atoms with Crippen molar-refractivity contribution in [1.29, 1.82) is 0 Å². The molecule has 2 aromatic rings. The zero-order valence-corrected chi connectivity index (χ0v) is 9.92. The third-order valence-electron chi connectivity index (χ3n) is 2.49. The van der Waals surface area contributed by atoms with Gasteiger partial charge in [-0.1, -0.05) is 6.92 Å². The largest absolute Gasteiger partial charge is 0.478 e. The molecule has 5 nitrogen and oxygen atoms in total. The lowest BCUT2D eigenvalue weighted by Gasteiger charge is -2.05. The Balaban J connectivity index is 2.10. The van der Waals surface area contributed by atoms with Crippen molar-refractivity contribution >= 4 is 17.5 Å². The number of anilines is 2. The fourth-order valence-electron chi connectivity index (χ4n) is 1.46. The highest BCUT2D eigenvalue weighted by molar-refractivity contribution is 5.88. The molecular formula is C13H13N3O2. The molecule has 0 atom stereocenters. The van der Waals surface area contributed by atoms with E-state index in [1.165, 1.54) is 0 Å². The summed E-state index contributed by atoms with van der Waals surface area (Å²) in [5, 5.41) is 19.9. The first-order valence-corrected chi connectivity index (χ1v) is 5.62. The molecule has 1 aromatic carbocycles. The van der Waals surface area contributed by atoms with Gasteiger partial charge in [-0.05, 0) is 42.8 Å². The summed E-state index contributed by atoms with van der Waals surface area (Å²) in [4.78, 5) is 10.7. The molecule has 0 radical (unpaired) electrons. The number of carbonyl (C=O) groups is 1. The van der Waals surface area contributed by atoms with Crippen LogP contribution in [0.2, 0.25) is 0 Å². The number of carboxylic acid groups (broad SMARTS) is 1. The number of benzene rings is 1. The summed E-state index contributed by atoms with van der Waals surface area (Å²) in [6.45, 7) is 2.02. The van der Waals surface area contributed by atoms with Crippen molar-refractivity contribution in [3.05, 3.63) is 47.7 Å². The van der Waals surface area contributed by atoms with Gasteiger partial charge in [-0.15, -0.1) is 5.10 Å². The summed E-state index contributed by atoms with van der Waals surface area (Å²) in [6, 6.07) is 10.2. The topological polar surface area (TPSA) is 75.1 Å². The van der Waals surface area contributed by atoms with Crippen LogP contribution in [0.15, 0.2) is 36.4 Å². The summed E-state index contributed by atoms with van der Waals surface area (Å²) in [5.74, 6) is -0.302. The van der Waals surface area contributed by atoms with Gasteiger partial charge < -0.3 is 10.4 Å². The number of aromatic carboxylic acids is 1. The number of nitrogens with one attached hydrogen (secondary N) is 1. The Bertz CT molecular complexity index is 535. The molecule has 2 N–H and O–H groups in total. The van der Waals surface area contributed by atoms with E-state index < -0.39 is 5.97 Å². The van der Waals surface area contributed by atoms with Gasteiger partial charge >= 0.3 is 5.97 Å². The summed E-state index contributed by atoms with van der Waals surface area (Å²) in [6.07, 6.45) is 0.848. The van der Waals surface area contributed by atoms with Crippen LogP contribution in [0.25, 0.3) is 0 Å². The standard InChI is InChI=1S/C13H13N3O2/c1-2-10-7-8-12(16-15-10)14-11-5-3-9(4-6-11)13(17)18/h3-8H,2H2,1H3,(H,14,16)(H,17,18). The summed E-state index contributed by atoms with van der Waals surface area (Å²) in [7, 11) is 0. The second kappa shape index (κ2) is 5.27. The van der Waals surface area contributed by atoms with Crippen LogP contribution >= 0.6 is 0 Å². The average Bonchev–Trinajstić information content (AvgIpc) is 2.40. The second-order valence-electron chi connectivity index (χ2n) is 3.77. The molecule has 18 heavy (non-hydrogen) atoms. The maximum atomic E-state index is 10.7. The lowest BCUT2D eigenvalue weighted by molar-refractivity contribution is 0.0697. The van der Waals surface area contributed by atoms with Crippen molar-refractivity contribution in [3.63, 3.8) is 0 Å². The molecule has 0 amide bonds. The van der Waals surface area contributed by atoms with Gasteiger partial charge in [0.05, 0.1) is 11.3 Å². The van der Waals surface area contributed by atoms with Crippen molar-refractivity contribution in [2.75, 3.05) is 5.32 Å². The van der Waals surface area contributed by atoms with E-state index in [1.54, 1.807) is 24.3 Å². The zero-order valence-electron chi connectivity index (χ0n) is 9.92. The number of nitrogens with zero attached hydrogens (tertiary/aromatic N) is 2. The Kier molecular flexibility index (Phi) is 3.52. The number of hydrogen-bond acceptors (Lipinski definition) is 4. The quantitative estimate of drug-likeness (QED) is 0.862. The fraction of sp³-hybridized carbons (Fsp3) is 0.154. The second-order valence-corrected chi connectivity index (χ2v) is 3.77. The van der Waals surface area contributed by atoms with Crippen LogP contribution in [0.5, 0.6) is 0 Å². The van der Waals surface area contributed by atoms with E-state index in [4.69, 9.17) is 5.11 Å². The van der Waals surface area contributed by atoms with Crippen LogP contribution in [0.3, 0.4) is 0 Å². The predicted octanol–water partition coefficient (Wildman–Crippen LogP) is 2.48. The van der Waals surface area contributed by atoms with Gasteiger partial charge in [-0.2, -0.15) is 5.10 Å². The Morgan fingerprint density at radius 2 is 1.89 bits per heavy atom. The SMILES string of the molecule is CCc1ccc(Nc2ccc(C(=O)O)cc2)nn1. The Labute approximate surface area is 104 Å². The molecule has 0 saturated carbocycles. The van der Waals surface area contributed by atoms with E-state index in [-0.39, 0.29) is 5.56 Å². The molecule has 2 rings (SSSR count). The van der Waals surface area contributed by atoms with Crippen LogP contribution in [-0.2, 0) is 6.42 Å². The van der Waals surface area contributed by atoms with E-state index in [9.17, 15) is 4.79 Å². The average molecular weight is 243 g/mol. The highest BCUT2D eigenvalue weighted by Crippen LogP contribution is 2.14. The summed E-state index contributed by atoms with van der Waals surface area (Å²) < 4.78 is 0. The van der Waals surface area contributed by atoms with Crippen molar-refractivity contribution in [3.8, 4) is 0 Å². The minimum Gasteiger partial charge on any atom is -0.478 e. The molecule has 0 unspecified atom stereocenters. The number of carboxylic acids is 1. The van der Waals surface area contributed by atoms with Crippen molar-refractivity contribution in [2.24, 2.45) is 0 Å². The maximum Gasteiger partial charge on any atom is 0.335 e. The number of aryl methyl sites for hydroxylation is 1. The minimum absolute atomic E-state index is 0.257. The van der Waals surface area contributed by atoms with Gasteiger partial charge in [0.15, 0.2) is 5.82 Å². The molecule has 0 saturated heterocycles. The lowest BCUT2D eigenvalue weighted by atomic mass is 10.2. The minimum atomic E-state index is -0.936. The van der Waals surface area contributed by atoms with Gasteiger partial charge in [0, 0.05) is 5.69 Å². The predicted molar refractivity (Wildman–Crippen MR) is 68.1 cm³/mol. The molecule has 0 aliphatic heterocycles. The molecule has 92 valence electrons. The maximum absolute atomic E-state index is 10.7. The first-order valence-electron chi connectivity index (χ1n) is 5.62. The Hall–Kier alpha value is -2.43. The van der Waals surface area contributed by atoms with E-state index in [0.717, 1.165) is 17.8 Å². The van der Waals surface area contributed by atoms with Crippen LogP contribution in [0.1, 0.15) is 23.0 Å². The van der Waals surface area contributed by atoms with E-state index in [0.29, 0.717) is 5.82 Å². The molecule has 0 aliphatic rings. The highest BCUT2D eigenvalue weighted by Gasteiger charge is 2.02. The third-order valence-corrected chi connectivity index (χ3v) is 2.49. The van der Waals surface area contributed by atoms with Crippen LogP contribution < -0.4 is 5.32 Å². The van der Waals surface area contributed by atoms with E-state index in [1.807, 2.05) is 19.1 Å². The normalized spacial score (nSPS) is 10.1. The van der Waals surface area contributed by atoms with Crippen LogP contribution in [0, 0.1) is 0 Å².